The Morgan fingerprint density at radius 1 is 1.30 bits per heavy atom. The number of benzene rings is 1. The van der Waals surface area contributed by atoms with Crippen molar-refractivity contribution in [3.63, 3.8) is 0 Å². The average Bonchev–Trinajstić information content (AvgIpc) is 2.88. The van der Waals surface area contributed by atoms with E-state index in [2.05, 4.69) is 20.6 Å². The van der Waals surface area contributed by atoms with Crippen LogP contribution in [0.1, 0.15) is 22.5 Å². The minimum atomic E-state index is -1.35. The molecule has 0 aliphatic carbocycles. The van der Waals surface area contributed by atoms with E-state index in [1.54, 1.807) is 18.2 Å². The zero-order valence-corrected chi connectivity index (χ0v) is 20.7. The van der Waals surface area contributed by atoms with Gasteiger partial charge in [0.05, 0.1) is 30.0 Å². The number of piperidine rings is 1. The molecule has 8 nitrogen and oxygen atoms in total. The highest BCUT2D eigenvalue weighted by Gasteiger charge is 2.31. The second-order valence-electron chi connectivity index (χ2n) is 8.91. The number of alkyl halides is 1. The monoisotopic (exact) mass is 531 g/mol. The van der Waals surface area contributed by atoms with Crippen molar-refractivity contribution in [1.29, 1.82) is 0 Å². The third kappa shape index (κ3) is 5.35. The summed E-state index contributed by atoms with van der Waals surface area (Å²) in [7, 11) is 1.40. The lowest BCUT2D eigenvalue weighted by atomic mass is 10.0. The summed E-state index contributed by atoms with van der Waals surface area (Å²) in [5.74, 6) is -1.01. The first-order valence-corrected chi connectivity index (χ1v) is 12.7. The maximum Gasteiger partial charge on any atom is 0.270 e. The van der Waals surface area contributed by atoms with Gasteiger partial charge in [-0.05, 0) is 31.0 Å². The van der Waals surface area contributed by atoms with Crippen molar-refractivity contribution in [2.24, 2.45) is 0 Å². The minimum Gasteiger partial charge on any atom is -0.497 e. The Bertz CT molecular complexity index is 1380. The van der Waals surface area contributed by atoms with Gasteiger partial charge in [-0.2, -0.15) is 0 Å². The Morgan fingerprint density at radius 3 is 2.92 bits per heavy atom. The van der Waals surface area contributed by atoms with Crippen molar-refractivity contribution in [3.05, 3.63) is 53.4 Å². The highest BCUT2D eigenvalue weighted by molar-refractivity contribution is 8.00. The van der Waals surface area contributed by atoms with E-state index in [0.717, 1.165) is 11.1 Å². The van der Waals surface area contributed by atoms with Crippen molar-refractivity contribution in [2.45, 2.75) is 30.0 Å². The fourth-order valence-electron chi connectivity index (χ4n) is 4.57. The van der Waals surface area contributed by atoms with Crippen molar-refractivity contribution in [1.82, 2.24) is 20.2 Å². The summed E-state index contributed by atoms with van der Waals surface area (Å²) in [5, 5.41) is 5.66. The number of nitrogens with one attached hydrogen (secondary N) is 2. The fraction of sp³-hybridized carbons (Fsp3) is 0.360. The molecule has 2 N–H and O–H groups in total. The molecule has 2 aromatic heterocycles. The maximum atomic E-state index is 15.0. The molecule has 0 saturated carbocycles. The molecule has 12 heteroatoms. The molecule has 0 bridgehead atoms. The number of nitrogens with zero attached hydrogens (tertiary/aromatic N) is 3. The molecule has 1 aromatic carbocycles. The third-order valence-electron chi connectivity index (χ3n) is 6.52. The first-order chi connectivity index (χ1) is 17.8. The van der Waals surface area contributed by atoms with Crippen LogP contribution in [0.5, 0.6) is 5.75 Å². The molecule has 5 rings (SSSR count). The predicted molar refractivity (Wildman–Crippen MR) is 133 cm³/mol. The van der Waals surface area contributed by atoms with E-state index < -0.39 is 29.8 Å². The molecule has 4 heterocycles. The topological polar surface area (TPSA) is 96.4 Å². The molecule has 37 heavy (non-hydrogen) atoms. The van der Waals surface area contributed by atoms with Gasteiger partial charge in [0.2, 0.25) is 5.91 Å². The summed E-state index contributed by atoms with van der Waals surface area (Å²) < 4.78 is 49.1. The van der Waals surface area contributed by atoms with Crippen LogP contribution in [-0.4, -0.2) is 71.4 Å². The van der Waals surface area contributed by atoms with Gasteiger partial charge in [0.15, 0.2) is 5.82 Å². The predicted octanol–water partition coefficient (Wildman–Crippen LogP) is 3.35. The number of thioether (sulfide) groups is 1. The van der Waals surface area contributed by atoms with Gasteiger partial charge in [0.25, 0.3) is 5.91 Å². The summed E-state index contributed by atoms with van der Waals surface area (Å²) in [6.45, 7) is 0.884. The van der Waals surface area contributed by atoms with E-state index in [1.807, 2.05) is 4.90 Å². The number of rotatable bonds is 6. The van der Waals surface area contributed by atoms with E-state index >= 15 is 4.39 Å². The number of fused-ring (bicyclic) bond motifs is 2. The van der Waals surface area contributed by atoms with Gasteiger partial charge < -0.3 is 15.4 Å². The van der Waals surface area contributed by atoms with Crippen LogP contribution in [0.15, 0.2) is 35.4 Å². The van der Waals surface area contributed by atoms with E-state index in [9.17, 15) is 18.4 Å². The Kier molecular flexibility index (Phi) is 7.20. The first-order valence-electron chi connectivity index (χ1n) is 11.7. The summed E-state index contributed by atoms with van der Waals surface area (Å²) in [6, 6.07) is 5.29. The molecular weight excluding hydrogens is 507 g/mol. The second-order valence-corrected chi connectivity index (χ2v) is 9.92. The summed E-state index contributed by atoms with van der Waals surface area (Å²) in [6.07, 6.45) is 0.226. The van der Waals surface area contributed by atoms with Crippen LogP contribution in [0.2, 0.25) is 0 Å². The van der Waals surface area contributed by atoms with Crippen molar-refractivity contribution in [2.75, 3.05) is 37.8 Å². The number of methoxy groups -OCH3 is 1. The number of amides is 2. The Hall–Kier alpha value is -3.38. The van der Waals surface area contributed by atoms with E-state index in [-0.39, 0.29) is 47.1 Å². The number of carbonyl (C=O) groups excluding carboxylic acids is 2. The third-order valence-corrected chi connectivity index (χ3v) is 7.57. The van der Waals surface area contributed by atoms with Crippen LogP contribution in [0.4, 0.5) is 19.0 Å². The van der Waals surface area contributed by atoms with Crippen LogP contribution in [0.25, 0.3) is 10.9 Å². The number of hydrogen-bond donors (Lipinski definition) is 2. The minimum absolute atomic E-state index is 0.0518. The Balaban J connectivity index is 1.21. The van der Waals surface area contributed by atoms with Crippen molar-refractivity contribution < 1.29 is 27.5 Å². The van der Waals surface area contributed by atoms with Crippen molar-refractivity contribution >= 4 is 40.3 Å². The number of carbonyl (C=O) groups is 2. The standard InChI is InChI=1S/C25H24F3N5O3S/c1-36-13-8-15-14(17(27)10-29-23(15)16(26)9-13)4-6-33-7-5-19(18(28)11-33)31-25(35)20-2-3-21-24(30-20)32-22(34)12-37-21/h2-3,8-10,18-19H,4-7,11-12H2,1H3,(H,31,35)(H,30,32,34)/t18-,19+/m0/s1. The quantitative estimate of drug-likeness (QED) is 0.504. The Morgan fingerprint density at radius 2 is 2.14 bits per heavy atom. The highest BCUT2D eigenvalue weighted by Crippen LogP contribution is 2.30. The molecule has 1 fully saturated rings. The zero-order chi connectivity index (χ0) is 26.1. The number of anilines is 1. The van der Waals surface area contributed by atoms with Crippen LogP contribution >= 0.6 is 11.8 Å². The van der Waals surface area contributed by atoms with Gasteiger partial charge in [-0.3, -0.25) is 19.5 Å². The molecule has 0 spiro atoms. The van der Waals surface area contributed by atoms with E-state index in [0.29, 0.717) is 30.7 Å². The highest BCUT2D eigenvalue weighted by atomic mass is 32.2. The number of pyridine rings is 2. The van der Waals surface area contributed by atoms with Gasteiger partial charge in [-0.1, -0.05) is 0 Å². The molecular formula is C25H24F3N5O3S. The van der Waals surface area contributed by atoms with Gasteiger partial charge in [0, 0.05) is 36.7 Å². The molecule has 3 aromatic rings. The fourth-order valence-corrected chi connectivity index (χ4v) is 5.33. The van der Waals surface area contributed by atoms with Gasteiger partial charge in [0.1, 0.15) is 34.8 Å². The van der Waals surface area contributed by atoms with E-state index in [1.165, 1.54) is 24.9 Å². The molecule has 2 aliphatic heterocycles. The van der Waals surface area contributed by atoms with Crippen LogP contribution in [0.3, 0.4) is 0 Å². The van der Waals surface area contributed by atoms with Crippen LogP contribution in [-0.2, 0) is 11.2 Å². The smallest absolute Gasteiger partial charge is 0.270 e. The SMILES string of the molecule is COc1cc(F)c2ncc(F)c(CCN3CC[C@@H](NC(=O)c4ccc5c(n4)NC(=O)CS5)[C@@H](F)C3)c2c1. The van der Waals surface area contributed by atoms with Crippen LogP contribution < -0.4 is 15.4 Å². The molecule has 2 amide bonds. The molecule has 2 aliphatic rings. The largest absolute Gasteiger partial charge is 0.497 e. The summed E-state index contributed by atoms with van der Waals surface area (Å²) in [5.41, 5.74) is 0.437. The molecule has 1 saturated heterocycles. The number of halogens is 3. The lowest BCUT2D eigenvalue weighted by Crippen LogP contribution is -2.52. The number of likely N-dealkylation sites (tertiary alicyclic amines) is 1. The van der Waals surface area contributed by atoms with Crippen molar-refractivity contribution in [3.8, 4) is 5.75 Å². The molecule has 2 atom stereocenters. The lowest BCUT2D eigenvalue weighted by molar-refractivity contribution is -0.113. The maximum absolute atomic E-state index is 15.0. The average molecular weight is 532 g/mol. The second kappa shape index (κ2) is 10.5. The number of aromatic nitrogens is 2. The lowest BCUT2D eigenvalue weighted by Gasteiger charge is -2.35. The van der Waals surface area contributed by atoms with Crippen LogP contribution in [0, 0.1) is 11.6 Å². The van der Waals surface area contributed by atoms with Gasteiger partial charge >= 0.3 is 0 Å². The summed E-state index contributed by atoms with van der Waals surface area (Å²) in [4.78, 5) is 35.0. The normalized spacial score (nSPS) is 19.8. The first kappa shape index (κ1) is 25.3. The van der Waals surface area contributed by atoms with Gasteiger partial charge in [-0.15, -0.1) is 11.8 Å². The summed E-state index contributed by atoms with van der Waals surface area (Å²) >= 11 is 1.34. The molecule has 0 unspecified atom stereocenters. The number of ether oxygens (including phenoxy) is 1. The Labute approximate surface area is 215 Å². The van der Waals surface area contributed by atoms with Gasteiger partial charge in [-0.25, -0.2) is 18.2 Å². The van der Waals surface area contributed by atoms with E-state index in [4.69, 9.17) is 4.74 Å². The molecule has 0 radical (unpaired) electrons. The zero-order valence-electron chi connectivity index (χ0n) is 19.9. The number of hydrogen-bond acceptors (Lipinski definition) is 7. The molecule has 194 valence electrons.